The number of H-pyrrole nitrogens is 1. The minimum atomic E-state index is -0.225. The fraction of sp³-hybridized carbons (Fsp3) is 0.222. The minimum absolute atomic E-state index is 0.0387. The first-order valence-corrected chi connectivity index (χ1v) is 12.0. The van der Waals surface area contributed by atoms with E-state index in [9.17, 15) is 9.59 Å². The second-order valence-corrected chi connectivity index (χ2v) is 9.12. The quantitative estimate of drug-likeness (QED) is 0.303. The van der Waals surface area contributed by atoms with Gasteiger partial charge in [0.15, 0.2) is 33.6 Å². The summed E-state index contributed by atoms with van der Waals surface area (Å²) in [5.74, 6) is 2.70. The Hall–Kier alpha value is -4.11. The summed E-state index contributed by atoms with van der Waals surface area (Å²) in [6, 6.07) is 18.1. The smallest absolute Gasteiger partial charge is 0.262 e. The van der Waals surface area contributed by atoms with Crippen molar-refractivity contribution in [3.05, 3.63) is 86.9 Å². The molecular weight excluding hydrogens is 480 g/mol. The van der Waals surface area contributed by atoms with E-state index >= 15 is 0 Å². The average molecular weight is 503 g/mol. The topological polar surface area (TPSA) is 91.8 Å². The third kappa shape index (κ3) is 4.22. The zero-order chi connectivity index (χ0) is 24.6. The van der Waals surface area contributed by atoms with Crippen LogP contribution in [0.25, 0.3) is 10.9 Å². The first-order valence-electron chi connectivity index (χ1n) is 11.6. The summed E-state index contributed by atoms with van der Waals surface area (Å²) in [6.07, 6.45) is 0.626. The van der Waals surface area contributed by atoms with Crippen molar-refractivity contribution < 1.29 is 23.7 Å². The van der Waals surface area contributed by atoms with E-state index in [0.717, 1.165) is 5.56 Å². The van der Waals surface area contributed by atoms with Crippen molar-refractivity contribution in [3.8, 4) is 23.0 Å². The van der Waals surface area contributed by atoms with Gasteiger partial charge in [-0.15, -0.1) is 0 Å². The van der Waals surface area contributed by atoms with E-state index in [2.05, 4.69) is 4.98 Å². The van der Waals surface area contributed by atoms with E-state index in [1.165, 1.54) is 4.57 Å². The number of carbonyl (C=O) groups is 1. The number of carbonyl (C=O) groups excluding carboxylic acids is 1. The van der Waals surface area contributed by atoms with Crippen molar-refractivity contribution in [2.24, 2.45) is 0 Å². The van der Waals surface area contributed by atoms with Gasteiger partial charge in [-0.25, -0.2) is 0 Å². The van der Waals surface area contributed by atoms with Gasteiger partial charge < -0.3 is 23.9 Å². The third-order valence-corrected chi connectivity index (χ3v) is 6.66. The Kier molecular flexibility index (Phi) is 5.69. The predicted molar refractivity (Wildman–Crippen MR) is 135 cm³/mol. The number of nitrogens with zero attached hydrogens (tertiary/aromatic N) is 1. The largest absolute Gasteiger partial charge is 0.486 e. The van der Waals surface area contributed by atoms with Gasteiger partial charge in [0.1, 0.15) is 12.7 Å². The normalized spacial score (nSPS) is 15.7. The van der Waals surface area contributed by atoms with E-state index in [1.54, 1.807) is 18.2 Å². The maximum atomic E-state index is 13.2. The van der Waals surface area contributed by atoms with E-state index in [-0.39, 0.29) is 35.6 Å². The van der Waals surface area contributed by atoms with Gasteiger partial charge in [-0.1, -0.05) is 24.3 Å². The number of para-hydroxylation sites is 2. The zero-order valence-corrected chi connectivity index (χ0v) is 20.0. The Labute approximate surface area is 211 Å². The number of ether oxygens (including phenoxy) is 4. The number of hydrogen-bond acceptors (Lipinski definition) is 7. The first-order chi connectivity index (χ1) is 17.5. The Balaban J connectivity index is 1.18. The monoisotopic (exact) mass is 502 g/mol. The summed E-state index contributed by atoms with van der Waals surface area (Å²) in [6.45, 7) is 0.872. The summed E-state index contributed by atoms with van der Waals surface area (Å²) in [4.78, 5) is 29.2. The van der Waals surface area contributed by atoms with Crippen LogP contribution in [-0.4, -0.2) is 34.8 Å². The van der Waals surface area contributed by atoms with Crippen molar-refractivity contribution >= 4 is 28.9 Å². The molecule has 0 bridgehead atoms. The molecule has 0 amide bonds. The van der Waals surface area contributed by atoms with Gasteiger partial charge in [0.2, 0.25) is 6.79 Å². The van der Waals surface area contributed by atoms with Crippen LogP contribution in [0.3, 0.4) is 0 Å². The highest BCUT2D eigenvalue weighted by Gasteiger charge is 2.22. The highest BCUT2D eigenvalue weighted by Crippen LogP contribution is 2.33. The molecule has 2 aliphatic rings. The van der Waals surface area contributed by atoms with Gasteiger partial charge in [0, 0.05) is 12.0 Å². The lowest BCUT2D eigenvalue weighted by atomic mass is 10.0. The van der Waals surface area contributed by atoms with Crippen molar-refractivity contribution in [2.75, 3.05) is 13.4 Å². The first kappa shape index (κ1) is 22.4. The standard InChI is InChI=1S/C27H22N2O6S/c30-21(9-7-18-14-32-22-3-1-2-4-24(22)35-18)17-6-8-19-20(12-17)28-27(36)29(26(19)31)13-16-5-10-23-25(11-16)34-15-33-23/h1-6,8,10-12,18H,7,9,13-15H2,(H,28,36). The number of aromatic nitrogens is 2. The van der Waals surface area contributed by atoms with Gasteiger partial charge in [-0.05, 0) is 60.6 Å². The number of fused-ring (bicyclic) bond motifs is 3. The van der Waals surface area contributed by atoms with E-state index in [1.807, 2.05) is 42.5 Å². The van der Waals surface area contributed by atoms with Crippen LogP contribution < -0.4 is 24.5 Å². The van der Waals surface area contributed by atoms with Crippen LogP contribution in [0, 0.1) is 4.77 Å². The van der Waals surface area contributed by atoms with Gasteiger partial charge in [0.05, 0.1) is 17.4 Å². The number of nitrogens with one attached hydrogen (secondary N) is 1. The zero-order valence-electron chi connectivity index (χ0n) is 19.2. The number of benzene rings is 3. The average Bonchev–Trinajstić information content (AvgIpc) is 3.37. The van der Waals surface area contributed by atoms with E-state index in [4.69, 9.17) is 31.2 Å². The molecule has 36 heavy (non-hydrogen) atoms. The van der Waals surface area contributed by atoms with Gasteiger partial charge in [0.25, 0.3) is 5.56 Å². The van der Waals surface area contributed by atoms with Crippen molar-refractivity contribution in [3.63, 3.8) is 0 Å². The van der Waals surface area contributed by atoms with Crippen LogP contribution in [0.2, 0.25) is 0 Å². The van der Waals surface area contributed by atoms with Crippen LogP contribution in [0.15, 0.2) is 65.5 Å². The molecule has 1 atom stereocenters. The molecule has 1 N–H and O–H groups in total. The molecule has 0 aliphatic carbocycles. The molecular formula is C27H22N2O6S. The number of rotatable bonds is 6. The lowest BCUT2D eigenvalue weighted by Gasteiger charge is -2.26. The lowest BCUT2D eigenvalue weighted by Crippen LogP contribution is -2.29. The molecule has 1 unspecified atom stereocenters. The summed E-state index contributed by atoms with van der Waals surface area (Å²) in [7, 11) is 0. The molecule has 3 heterocycles. The Morgan fingerprint density at radius 1 is 0.972 bits per heavy atom. The van der Waals surface area contributed by atoms with Crippen LogP contribution in [0.5, 0.6) is 23.0 Å². The molecule has 0 radical (unpaired) electrons. The highest BCUT2D eigenvalue weighted by atomic mass is 32.1. The van der Waals surface area contributed by atoms with Gasteiger partial charge in [-0.3, -0.25) is 14.2 Å². The minimum Gasteiger partial charge on any atom is -0.486 e. The SMILES string of the molecule is O=C(CCC1COc2ccccc2O1)c1ccc2c(=O)n(Cc3ccc4c(c3)OCO4)c(=S)[nH]c2c1. The molecule has 6 rings (SSSR count). The molecule has 0 saturated heterocycles. The van der Waals surface area contributed by atoms with Crippen LogP contribution >= 0.6 is 12.2 Å². The molecule has 0 fully saturated rings. The van der Waals surface area contributed by atoms with Crippen LogP contribution in [-0.2, 0) is 6.54 Å². The molecule has 9 heteroatoms. The molecule has 0 saturated carbocycles. The summed E-state index contributed by atoms with van der Waals surface area (Å²) in [5.41, 5.74) is 1.68. The fourth-order valence-corrected chi connectivity index (χ4v) is 4.69. The molecule has 4 aromatic rings. The summed E-state index contributed by atoms with van der Waals surface area (Å²) >= 11 is 5.48. The summed E-state index contributed by atoms with van der Waals surface area (Å²) < 4.78 is 24.2. The maximum absolute atomic E-state index is 13.2. The number of aromatic amines is 1. The number of Topliss-reactive ketones (excluding diaryl/α,β-unsaturated/α-hetero) is 1. The molecule has 8 nitrogen and oxygen atoms in total. The lowest BCUT2D eigenvalue weighted by molar-refractivity contribution is 0.0764. The third-order valence-electron chi connectivity index (χ3n) is 6.34. The molecule has 1 aromatic heterocycles. The predicted octanol–water partition coefficient (Wildman–Crippen LogP) is 4.64. The molecule has 2 aliphatic heterocycles. The van der Waals surface area contributed by atoms with Gasteiger partial charge in [-0.2, -0.15) is 0 Å². The van der Waals surface area contributed by atoms with Crippen molar-refractivity contribution in [2.45, 2.75) is 25.5 Å². The maximum Gasteiger partial charge on any atom is 0.262 e. The van der Waals surface area contributed by atoms with Crippen LogP contribution in [0.1, 0.15) is 28.8 Å². The van der Waals surface area contributed by atoms with Crippen LogP contribution in [0.4, 0.5) is 0 Å². The Bertz CT molecular complexity index is 1610. The second-order valence-electron chi connectivity index (χ2n) is 8.73. The van der Waals surface area contributed by atoms with Gasteiger partial charge >= 0.3 is 0 Å². The van der Waals surface area contributed by atoms with Crippen molar-refractivity contribution in [1.82, 2.24) is 9.55 Å². The van der Waals surface area contributed by atoms with E-state index in [0.29, 0.717) is 58.9 Å². The van der Waals surface area contributed by atoms with E-state index < -0.39 is 0 Å². The second kappa shape index (κ2) is 9.16. The van der Waals surface area contributed by atoms with Crippen molar-refractivity contribution in [1.29, 1.82) is 0 Å². The Morgan fingerprint density at radius 2 is 1.78 bits per heavy atom. The molecule has 0 spiro atoms. The highest BCUT2D eigenvalue weighted by molar-refractivity contribution is 7.71. The Morgan fingerprint density at radius 3 is 2.67 bits per heavy atom. The molecule has 182 valence electrons. The number of ketones is 1. The summed E-state index contributed by atoms with van der Waals surface area (Å²) in [5, 5.41) is 0.460. The fourth-order valence-electron chi connectivity index (χ4n) is 4.44. The number of hydrogen-bond donors (Lipinski definition) is 1. The molecule has 3 aromatic carbocycles.